The van der Waals surface area contributed by atoms with E-state index in [1.165, 1.54) is 23.9 Å². The molecule has 3 aromatic rings. The van der Waals surface area contributed by atoms with E-state index in [4.69, 9.17) is 12.2 Å². The lowest BCUT2D eigenvalue weighted by Crippen LogP contribution is -2.19. The van der Waals surface area contributed by atoms with Gasteiger partial charge in [0.25, 0.3) is 0 Å². The van der Waals surface area contributed by atoms with Crippen LogP contribution in [0.4, 0.5) is 0 Å². The first-order chi connectivity index (χ1) is 9.81. The molecule has 1 aromatic carbocycles. The van der Waals surface area contributed by atoms with Gasteiger partial charge in [0.1, 0.15) is 6.33 Å². The van der Waals surface area contributed by atoms with Crippen molar-refractivity contribution in [2.24, 2.45) is 0 Å². The molecule has 102 valence electrons. The van der Waals surface area contributed by atoms with Gasteiger partial charge in [0.15, 0.2) is 5.11 Å². The topological polar surface area (TPSA) is 22.8 Å². The van der Waals surface area contributed by atoms with Gasteiger partial charge in [-0.2, -0.15) is 0 Å². The van der Waals surface area contributed by atoms with Gasteiger partial charge in [0.05, 0.1) is 5.52 Å². The fraction of sp³-hybridized carbons (Fsp3) is 0.250. The lowest BCUT2D eigenvalue weighted by Gasteiger charge is -2.12. The number of hydrogen-bond acceptors (Lipinski definition) is 2. The molecule has 0 atom stereocenters. The Morgan fingerprint density at radius 1 is 1.30 bits per heavy atom. The molecule has 0 bridgehead atoms. The molecule has 0 radical (unpaired) electrons. The molecule has 0 aliphatic carbocycles. The Kier molecular flexibility index (Phi) is 3.65. The molecule has 4 heteroatoms. The summed E-state index contributed by atoms with van der Waals surface area (Å²) in [5.74, 6) is 0. The summed E-state index contributed by atoms with van der Waals surface area (Å²) in [4.78, 5) is 4.09. The molecule has 0 aliphatic rings. The number of para-hydroxylation sites is 1. The number of imidazole rings is 1. The summed E-state index contributed by atoms with van der Waals surface area (Å²) >= 11 is 5.65. The molecule has 0 aliphatic heterocycles. The second kappa shape index (κ2) is 5.59. The molecular weight excluding hydrogens is 266 g/mol. The highest BCUT2D eigenvalue weighted by Gasteiger charge is 2.12. The van der Waals surface area contributed by atoms with Crippen molar-refractivity contribution in [3.8, 4) is 0 Å². The third-order valence-corrected chi connectivity index (χ3v) is 3.88. The summed E-state index contributed by atoms with van der Waals surface area (Å²) in [6.45, 7) is 2.21. The van der Waals surface area contributed by atoms with Gasteiger partial charge in [-0.25, -0.2) is 4.98 Å². The Morgan fingerprint density at radius 3 is 2.90 bits per heavy atom. The van der Waals surface area contributed by atoms with Gasteiger partial charge in [-0.05, 0) is 37.2 Å². The highest BCUT2D eigenvalue weighted by Crippen LogP contribution is 2.21. The van der Waals surface area contributed by atoms with Crippen LogP contribution >= 0.6 is 12.2 Å². The van der Waals surface area contributed by atoms with E-state index in [2.05, 4.69) is 46.8 Å². The highest BCUT2D eigenvalue weighted by atomic mass is 32.1. The monoisotopic (exact) mass is 283 g/mol. The molecule has 3 rings (SSSR count). The molecule has 0 spiro atoms. The number of fused-ring (bicyclic) bond motifs is 1. The van der Waals surface area contributed by atoms with Gasteiger partial charge in [-0.3, -0.25) is 9.13 Å². The highest BCUT2D eigenvalue weighted by molar-refractivity contribution is 7.80. The largest absolute Gasteiger partial charge is 0.290 e. The molecule has 0 N–H and O–H groups in total. The molecule has 2 heterocycles. The Hall–Kier alpha value is -1.94. The predicted octanol–water partition coefficient (Wildman–Crippen LogP) is 3.86. The van der Waals surface area contributed by atoms with E-state index < -0.39 is 0 Å². The summed E-state index contributed by atoms with van der Waals surface area (Å²) in [6.07, 6.45) is 8.79. The van der Waals surface area contributed by atoms with E-state index >= 15 is 0 Å². The first-order valence-electron chi connectivity index (χ1n) is 6.93. The SMILES string of the molecule is CCCCc1cc2ccccc2n1C(=S)n1ccnc1. The third-order valence-electron chi connectivity index (χ3n) is 3.49. The van der Waals surface area contributed by atoms with Crippen LogP contribution in [0.2, 0.25) is 0 Å². The average molecular weight is 283 g/mol. The number of rotatable bonds is 3. The quantitative estimate of drug-likeness (QED) is 0.681. The van der Waals surface area contributed by atoms with E-state index in [0.717, 1.165) is 17.0 Å². The van der Waals surface area contributed by atoms with E-state index in [0.29, 0.717) is 0 Å². The molecule has 0 saturated carbocycles. The van der Waals surface area contributed by atoms with Crippen LogP contribution in [0.5, 0.6) is 0 Å². The first-order valence-corrected chi connectivity index (χ1v) is 7.34. The minimum absolute atomic E-state index is 0.759. The van der Waals surface area contributed by atoms with Gasteiger partial charge in [0.2, 0.25) is 0 Å². The van der Waals surface area contributed by atoms with Crippen LogP contribution in [-0.4, -0.2) is 19.2 Å². The van der Waals surface area contributed by atoms with Gasteiger partial charge in [0, 0.05) is 23.5 Å². The average Bonchev–Trinajstić information content (AvgIpc) is 3.11. The van der Waals surface area contributed by atoms with E-state index in [9.17, 15) is 0 Å². The standard InChI is InChI=1S/C16H17N3S/c1-2-3-7-14-11-13-6-4-5-8-15(13)19(14)16(20)18-10-9-17-12-18/h4-6,8-12H,2-3,7H2,1H3. The van der Waals surface area contributed by atoms with Crippen molar-refractivity contribution in [2.75, 3.05) is 0 Å². The maximum absolute atomic E-state index is 5.65. The zero-order valence-corrected chi connectivity index (χ0v) is 12.3. The number of unbranched alkanes of at least 4 members (excludes halogenated alkanes) is 1. The minimum atomic E-state index is 0.759. The van der Waals surface area contributed by atoms with E-state index in [1.807, 2.05) is 10.8 Å². The van der Waals surface area contributed by atoms with Gasteiger partial charge < -0.3 is 0 Å². The van der Waals surface area contributed by atoms with Crippen LogP contribution in [0.1, 0.15) is 25.5 Å². The second-order valence-electron chi connectivity index (χ2n) is 4.89. The molecule has 0 saturated heterocycles. The summed E-state index contributed by atoms with van der Waals surface area (Å²) in [5.41, 5.74) is 2.43. The molecule has 20 heavy (non-hydrogen) atoms. The number of thiocarbonyl (C=S) groups is 1. The number of nitrogens with zero attached hydrogens (tertiary/aromatic N) is 3. The van der Waals surface area contributed by atoms with E-state index in [-0.39, 0.29) is 0 Å². The summed E-state index contributed by atoms with van der Waals surface area (Å²) in [7, 11) is 0. The number of hydrogen-bond donors (Lipinski definition) is 0. The van der Waals surface area contributed by atoms with Crippen molar-refractivity contribution in [3.63, 3.8) is 0 Å². The van der Waals surface area contributed by atoms with Gasteiger partial charge in [-0.1, -0.05) is 31.5 Å². The van der Waals surface area contributed by atoms with Crippen LogP contribution in [0.3, 0.4) is 0 Å². The molecule has 3 nitrogen and oxygen atoms in total. The van der Waals surface area contributed by atoms with Crippen LogP contribution < -0.4 is 0 Å². The zero-order valence-electron chi connectivity index (χ0n) is 11.5. The van der Waals surface area contributed by atoms with Crippen LogP contribution in [0.25, 0.3) is 10.9 Å². The summed E-state index contributed by atoms with van der Waals surface area (Å²) in [6, 6.07) is 10.6. The lowest BCUT2D eigenvalue weighted by molar-refractivity contribution is 0.768. The van der Waals surface area contributed by atoms with Crippen molar-refractivity contribution < 1.29 is 0 Å². The Morgan fingerprint density at radius 2 is 2.15 bits per heavy atom. The second-order valence-corrected chi connectivity index (χ2v) is 5.25. The molecular formula is C16H17N3S. The molecule has 2 aromatic heterocycles. The Bertz CT molecular complexity index is 725. The Labute approximate surface area is 123 Å². The fourth-order valence-electron chi connectivity index (χ4n) is 2.47. The number of aromatic nitrogens is 3. The lowest BCUT2D eigenvalue weighted by atomic mass is 10.2. The summed E-state index contributed by atoms with van der Waals surface area (Å²) < 4.78 is 4.05. The Balaban J connectivity index is 2.13. The van der Waals surface area contributed by atoms with Crippen molar-refractivity contribution >= 4 is 28.2 Å². The first kappa shape index (κ1) is 13.1. The van der Waals surface area contributed by atoms with Crippen LogP contribution in [0, 0.1) is 0 Å². The molecule has 0 fully saturated rings. The number of aryl methyl sites for hydroxylation is 1. The third kappa shape index (κ3) is 2.27. The fourth-order valence-corrected chi connectivity index (χ4v) is 2.79. The van der Waals surface area contributed by atoms with Crippen molar-refractivity contribution in [1.29, 1.82) is 0 Å². The van der Waals surface area contributed by atoms with Crippen molar-refractivity contribution in [2.45, 2.75) is 26.2 Å². The van der Waals surface area contributed by atoms with Crippen LogP contribution in [0.15, 0.2) is 49.1 Å². The normalized spacial score (nSPS) is 11.1. The molecule has 0 amide bonds. The molecule has 0 unspecified atom stereocenters. The van der Waals surface area contributed by atoms with Gasteiger partial charge in [-0.15, -0.1) is 0 Å². The predicted molar refractivity (Wildman–Crippen MR) is 86.2 cm³/mol. The number of benzene rings is 1. The maximum atomic E-state index is 5.65. The van der Waals surface area contributed by atoms with Crippen LogP contribution in [-0.2, 0) is 6.42 Å². The minimum Gasteiger partial charge on any atom is -0.290 e. The van der Waals surface area contributed by atoms with Gasteiger partial charge >= 0.3 is 0 Å². The van der Waals surface area contributed by atoms with E-state index in [1.54, 1.807) is 12.5 Å². The van der Waals surface area contributed by atoms with Crippen molar-refractivity contribution in [1.82, 2.24) is 14.1 Å². The summed E-state index contributed by atoms with van der Waals surface area (Å²) in [5, 5.41) is 2.00. The van der Waals surface area contributed by atoms with Crippen molar-refractivity contribution in [3.05, 3.63) is 54.7 Å². The smallest absolute Gasteiger partial charge is 0.190 e. The zero-order chi connectivity index (χ0) is 13.9. The maximum Gasteiger partial charge on any atom is 0.190 e.